The molecule has 1 aromatic rings. The number of rotatable bonds is 3. The predicted octanol–water partition coefficient (Wildman–Crippen LogP) is 3.15. The monoisotopic (exact) mass is 236 g/mol. The molecule has 0 saturated carbocycles. The molecule has 2 nitrogen and oxygen atoms in total. The van der Waals surface area contributed by atoms with Gasteiger partial charge in [-0.2, -0.15) is 13.2 Å². The molecule has 0 aliphatic carbocycles. The summed E-state index contributed by atoms with van der Waals surface area (Å²) in [5.41, 5.74) is -0.911. The SMILES string of the molecule is CCc1ccc(NN)c(SC(F)(F)F)c1. The molecular weight excluding hydrogens is 225 g/mol. The van der Waals surface area contributed by atoms with E-state index in [1.54, 1.807) is 12.1 Å². The number of nitrogens with one attached hydrogen (secondary N) is 1. The number of hydrogen-bond donors (Lipinski definition) is 2. The van der Waals surface area contributed by atoms with Crippen molar-refractivity contribution in [2.45, 2.75) is 23.7 Å². The van der Waals surface area contributed by atoms with E-state index in [1.807, 2.05) is 6.92 Å². The average Bonchev–Trinajstić information content (AvgIpc) is 2.15. The Balaban J connectivity index is 3.01. The van der Waals surface area contributed by atoms with Crippen LogP contribution in [0.15, 0.2) is 23.1 Å². The lowest BCUT2D eigenvalue weighted by molar-refractivity contribution is -0.0327. The Morgan fingerprint density at radius 3 is 2.53 bits per heavy atom. The highest BCUT2D eigenvalue weighted by molar-refractivity contribution is 8.00. The minimum Gasteiger partial charge on any atom is -0.323 e. The molecule has 0 fully saturated rings. The highest BCUT2D eigenvalue weighted by atomic mass is 32.2. The molecule has 0 saturated heterocycles. The third-order valence-electron chi connectivity index (χ3n) is 1.84. The number of thioether (sulfide) groups is 1. The van der Waals surface area contributed by atoms with E-state index in [-0.39, 0.29) is 22.3 Å². The highest BCUT2D eigenvalue weighted by Gasteiger charge is 2.30. The third-order valence-corrected chi connectivity index (χ3v) is 2.62. The van der Waals surface area contributed by atoms with E-state index in [1.165, 1.54) is 6.07 Å². The van der Waals surface area contributed by atoms with E-state index in [0.29, 0.717) is 6.42 Å². The first-order valence-electron chi connectivity index (χ1n) is 4.31. The van der Waals surface area contributed by atoms with Gasteiger partial charge < -0.3 is 5.43 Å². The van der Waals surface area contributed by atoms with Crippen molar-refractivity contribution in [1.82, 2.24) is 0 Å². The van der Waals surface area contributed by atoms with Crippen LogP contribution in [-0.2, 0) is 6.42 Å². The number of nitrogen functional groups attached to an aromatic ring is 1. The third kappa shape index (κ3) is 3.64. The van der Waals surface area contributed by atoms with Gasteiger partial charge in [0.05, 0.1) is 5.69 Å². The number of aryl methyl sites for hydroxylation is 1. The van der Waals surface area contributed by atoms with Crippen molar-refractivity contribution in [3.63, 3.8) is 0 Å². The number of benzene rings is 1. The van der Waals surface area contributed by atoms with Gasteiger partial charge in [0.1, 0.15) is 0 Å². The minimum atomic E-state index is -4.29. The van der Waals surface area contributed by atoms with Gasteiger partial charge in [-0.15, -0.1) is 0 Å². The Morgan fingerprint density at radius 1 is 1.40 bits per heavy atom. The highest BCUT2D eigenvalue weighted by Crippen LogP contribution is 2.40. The van der Waals surface area contributed by atoms with Gasteiger partial charge in [0.15, 0.2) is 0 Å². The summed E-state index contributed by atoms with van der Waals surface area (Å²) in [6, 6.07) is 4.79. The van der Waals surface area contributed by atoms with Crippen LogP contribution in [0.1, 0.15) is 12.5 Å². The van der Waals surface area contributed by atoms with Crippen LogP contribution in [-0.4, -0.2) is 5.51 Å². The molecule has 0 aliphatic rings. The van der Waals surface area contributed by atoms with Crippen molar-refractivity contribution < 1.29 is 13.2 Å². The Morgan fingerprint density at radius 2 is 2.07 bits per heavy atom. The molecule has 0 aromatic heterocycles. The molecule has 1 rings (SSSR count). The number of halogens is 3. The fourth-order valence-corrected chi connectivity index (χ4v) is 1.81. The molecule has 1 aromatic carbocycles. The average molecular weight is 236 g/mol. The first kappa shape index (κ1) is 12.2. The standard InChI is InChI=1S/C9H11F3N2S/c1-2-6-3-4-7(14-13)8(5-6)15-9(10,11)12/h3-5,14H,2,13H2,1H3. The number of alkyl halides is 3. The summed E-state index contributed by atoms with van der Waals surface area (Å²) in [6.45, 7) is 1.88. The summed E-state index contributed by atoms with van der Waals surface area (Å²) in [5, 5.41) is 0. The van der Waals surface area contributed by atoms with Crippen LogP contribution in [0, 0.1) is 0 Å². The molecule has 0 heterocycles. The van der Waals surface area contributed by atoms with Crippen LogP contribution >= 0.6 is 11.8 Å². The van der Waals surface area contributed by atoms with Gasteiger partial charge in [0, 0.05) is 4.90 Å². The topological polar surface area (TPSA) is 38.0 Å². The van der Waals surface area contributed by atoms with E-state index >= 15 is 0 Å². The van der Waals surface area contributed by atoms with E-state index in [4.69, 9.17) is 5.84 Å². The molecule has 0 bridgehead atoms. The van der Waals surface area contributed by atoms with Crippen molar-refractivity contribution in [2.75, 3.05) is 5.43 Å². The number of hydrogen-bond acceptors (Lipinski definition) is 3. The summed E-state index contributed by atoms with van der Waals surface area (Å²) in [4.78, 5) is 0.101. The Bertz CT molecular complexity index is 339. The van der Waals surface area contributed by atoms with Crippen molar-refractivity contribution in [2.24, 2.45) is 5.84 Å². The number of nitrogens with two attached hydrogens (primary N) is 1. The van der Waals surface area contributed by atoms with Crippen LogP contribution in [0.25, 0.3) is 0 Å². The maximum atomic E-state index is 12.2. The second-order valence-electron chi connectivity index (χ2n) is 2.88. The molecule has 6 heteroatoms. The molecule has 0 aliphatic heterocycles. The predicted molar refractivity (Wildman–Crippen MR) is 55.5 cm³/mol. The second-order valence-corrected chi connectivity index (χ2v) is 3.98. The van der Waals surface area contributed by atoms with Gasteiger partial charge in [-0.1, -0.05) is 13.0 Å². The van der Waals surface area contributed by atoms with Gasteiger partial charge in [0.25, 0.3) is 0 Å². The van der Waals surface area contributed by atoms with Crippen molar-refractivity contribution in [3.8, 4) is 0 Å². The van der Waals surface area contributed by atoms with Gasteiger partial charge in [0.2, 0.25) is 0 Å². The minimum absolute atomic E-state index is 0.101. The lowest BCUT2D eigenvalue weighted by Crippen LogP contribution is -2.09. The van der Waals surface area contributed by atoms with E-state index < -0.39 is 5.51 Å². The summed E-state index contributed by atoms with van der Waals surface area (Å²) >= 11 is -0.161. The van der Waals surface area contributed by atoms with Crippen LogP contribution < -0.4 is 11.3 Å². The first-order valence-corrected chi connectivity index (χ1v) is 5.13. The fourth-order valence-electron chi connectivity index (χ4n) is 1.12. The van der Waals surface area contributed by atoms with E-state index in [0.717, 1.165) is 5.56 Å². The molecule has 0 radical (unpaired) electrons. The van der Waals surface area contributed by atoms with Crippen LogP contribution in [0.5, 0.6) is 0 Å². The second kappa shape index (κ2) is 4.76. The molecule has 0 amide bonds. The van der Waals surface area contributed by atoms with Crippen molar-refractivity contribution in [1.29, 1.82) is 0 Å². The summed E-state index contributed by atoms with van der Waals surface area (Å²) in [6.07, 6.45) is 0.691. The first-order chi connectivity index (χ1) is 6.96. The van der Waals surface area contributed by atoms with Gasteiger partial charge >= 0.3 is 5.51 Å². The molecular formula is C9H11F3N2S. The zero-order chi connectivity index (χ0) is 11.5. The summed E-state index contributed by atoms with van der Waals surface area (Å²) in [5.74, 6) is 5.13. The van der Waals surface area contributed by atoms with Crippen molar-refractivity contribution in [3.05, 3.63) is 23.8 Å². The van der Waals surface area contributed by atoms with E-state index in [2.05, 4.69) is 5.43 Å². The lowest BCUT2D eigenvalue weighted by atomic mass is 10.1. The van der Waals surface area contributed by atoms with Gasteiger partial charge in [-0.25, -0.2) is 0 Å². The lowest BCUT2D eigenvalue weighted by Gasteiger charge is -2.11. The maximum Gasteiger partial charge on any atom is 0.446 e. The maximum absolute atomic E-state index is 12.2. The normalized spacial score (nSPS) is 11.5. The number of hydrazine groups is 1. The molecule has 0 spiro atoms. The summed E-state index contributed by atoms with van der Waals surface area (Å²) < 4.78 is 36.6. The molecule has 0 unspecified atom stereocenters. The van der Waals surface area contributed by atoms with E-state index in [9.17, 15) is 13.2 Å². The molecule has 0 atom stereocenters. The Kier molecular flexibility index (Phi) is 3.87. The number of anilines is 1. The molecule has 84 valence electrons. The fraction of sp³-hybridized carbons (Fsp3) is 0.333. The smallest absolute Gasteiger partial charge is 0.323 e. The van der Waals surface area contributed by atoms with Crippen LogP contribution in [0.3, 0.4) is 0 Å². The Labute approximate surface area is 90.0 Å². The van der Waals surface area contributed by atoms with Crippen molar-refractivity contribution >= 4 is 17.4 Å². The van der Waals surface area contributed by atoms with Crippen LogP contribution in [0.2, 0.25) is 0 Å². The molecule has 3 N–H and O–H groups in total. The van der Waals surface area contributed by atoms with Gasteiger partial charge in [-0.3, -0.25) is 5.84 Å². The molecule has 15 heavy (non-hydrogen) atoms. The van der Waals surface area contributed by atoms with Crippen LogP contribution in [0.4, 0.5) is 18.9 Å². The Hall–Kier alpha value is -0.880. The van der Waals surface area contributed by atoms with Gasteiger partial charge in [-0.05, 0) is 35.9 Å². The zero-order valence-corrected chi connectivity index (χ0v) is 8.88. The zero-order valence-electron chi connectivity index (χ0n) is 8.06. The largest absolute Gasteiger partial charge is 0.446 e. The summed E-state index contributed by atoms with van der Waals surface area (Å²) in [7, 11) is 0. The quantitative estimate of drug-likeness (QED) is 0.481.